The van der Waals surface area contributed by atoms with E-state index in [9.17, 15) is 9.59 Å². The fourth-order valence-electron chi connectivity index (χ4n) is 3.32. The van der Waals surface area contributed by atoms with Crippen LogP contribution in [-0.4, -0.2) is 65.9 Å². The highest BCUT2D eigenvalue weighted by Gasteiger charge is 2.38. The highest BCUT2D eigenvalue weighted by Crippen LogP contribution is 2.24. The van der Waals surface area contributed by atoms with Gasteiger partial charge in [0.2, 0.25) is 11.8 Å². The number of hydrogen-bond donors (Lipinski definition) is 0. The molecule has 7 heteroatoms. The van der Waals surface area contributed by atoms with Crippen molar-refractivity contribution in [3.05, 3.63) is 36.9 Å². The summed E-state index contributed by atoms with van der Waals surface area (Å²) in [5.41, 5.74) is 1.62. The Morgan fingerprint density at radius 2 is 1.84 bits per heavy atom. The van der Waals surface area contributed by atoms with Gasteiger partial charge in [0.05, 0.1) is 5.92 Å². The molecule has 130 valence electrons. The van der Waals surface area contributed by atoms with Crippen molar-refractivity contribution >= 4 is 28.9 Å². The summed E-state index contributed by atoms with van der Waals surface area (Å²) in [5, 5.41) is 0. The number of fused-ring (bicyclic) bond motifs is 1. The highest BCUT2D eigenvalue weighted by molar-refractivity contribution is 5.90. The third-order valence-corrected chi connectivity index (χ3v) is 4.86. The molecule has 0 spiro atoms. The molecule has 0 atom stereocenters. The normalized spacial score (nSPS) is 18.3. The number of aromatic nitrogens is 1. The molecule has 0 saturated carbocycles. The molecule has 1 aromatic carbocycles. The number of nitrogens with zero attached hydrogens (tertiary/aromatic N) is 4. The van der Waals surface area contributed by atoms with E-state index in [2.05, 4.69) is 16.5 Å². The molecular weight excluding hydrogens is 320 g/mol. The number of piperazine rings is 1. The average molecular weight is 340 g/mol. The van der Waals surface area contributed by atoms with Crippen LogP contribution in [0.15, 0.2) is 41.3 Å². The van der Waals surface area contributed by atoms with Crippen LogP contribution in [0.5, 0.6) is 0 Å². The molecule has 4 rings (SSSR count). The molecule has 2 amide bonds. The second-order valence-electron chi connectivity index (χ2n) is 6.42. The van der Waals surface area contributed by atoms with Crippen molar-refractivity contribution in [2.75, 3.05) is 44.2 Å². The van der Waals surface area contributed by atoms with Crippen molar-refractivity contribution in [3.8, 4) is 0 Å². The molecule has 7 nitrogen and oxygen atoms in total. The maximum Gasteiger partial charge on any atom is 0.298 e. The number of oxazole rings is 1. The average Bonchev–Trinajstić information content (AvgIpc) is 3.04. The van der Waals surface area contributed by atoms with Crippen molar-refractivity contribution in [1.82, 2.24) is 14.8 Å². The van der Waals surface area contributed by atoms with Crippen molar-refractivity contribution in [1.29, 1.82) is 0 Å². The smallest absolute Gasteiger partial charge is 0.298 e. The lowest BCUT2D eigenvalue weighted by molar-refractivity contribution is -0.146. The Labute approximate surface area is 145 Å². The molecule has 2 aliphatic rings. The number of benzene rings is 1. The monoisotopic (exact) mass is 340 g/mol. The van der Waals surface area contributed by atoms with Gasteiger partial charge in [0.1, 0.15) is 5.52 Å². The van der Waals surface area contributed by atoms with Crippen LogP contribution < -0.4 is 4.90 Å². The molecule has 2 fully saturated rings. The lowest BCUT2D eigenvalue weighted by Gasteiger charge is -2.42. The zero-order valence-electron chi connectivity index (χ0n) is 13.9. The lowest BCUT2D eigenvalue weighted by Crippen LogP contribution is -2.58. The van der Waals surface area contributed by atoms with E-state index in [-0.39, 0.29) is 17.7 Å². The number of para-hydroxylation sites is 2. The van der Waals surface area contributed by atoms with Crippen molar-refractivity contribution in [2.24, 2.45) is 5.92 Å². The Morgan fingerprint density at radius 1 is 1.12 bits per heavy atom. The molecule has 1 aromatic heterocycles. The van der Waals surface area contributed by atoms with Crippen LogP contribution in [0, 0.1) is 5.92 Å². The first-order chi connectivity index (χ1) is 12.2. The number of anilines is 1. The molecule has 0 aliphatic carbocycles. The molecule has 2 aliphatic heterocycles. The fraction of sp³-hybridized carbons (Fsp3) is 0.389. The number of rotatable bonds is 3. The predicted molar refractivity (Wildman–Crippen MR) is 93.1 cm³/mol. The van der Waals surface area contributed by atoms with Crippen LogP contribution in [0.3, 0.4) is 0 Å². The number of hydrogen-bond acceptors (Lipinski definition) is 5. The summed E-state index contributed by atoms with van der Waals surface area (Å²) in [4.78, 5) is 34.1. The molecule has 2 aromatic rings. The summed E-state index contributed by atoms with van der Waals surface area (Å²) < 4.78 is 5.79. The largest absolute Gasteiger partial charge is 0.423 e. The van der Waals surface area contributed by atoms with Gasteiger partial charge in [-0.3, -0.25) is 9.59 Å². The number of carbonyl (C=O) groups is 2. The number of carbonyl (C=O) groups excluding carboxylic acids is 2. The number of amides is 2. The summed E-state index contributed by atoms with van der Waals surface area (Å²) >= 11 is 0. The van der Waals surface area contributed by atoms with Gasteiger partial charge >= 0.3 is 0 Å². The van der Waals surface area contributed by atoms with E-state index in [1.807, 2.05) is 29.2 Å². The van der Waals surface area contributed by atoms with Crippen LogP contribution in [0.1, 0.15) is 0 Å². The standard InChI is InChI=1S/C18H20N4O3/c1-2-16(23)22-11-13(12-22)17(24)20-7-9-21(10-8-20)18-19-14-5-3-4-6-15(14)25-18/h2-6,13H,1,7-12H2. The Hall–Kier alpha value is -2.83. The topological polar surface area (TPSA) is 69.9 Å². The zero-order valence-corrected chi connectivity index (χ0v) is 13.9. The second-order valence-corrected chi connectivity index (χ2v) is 6.42. The van der Waals surface area contributed by atoms with E-state index < -0.39 is 0 Å². The lowest BCUT2D eigenvalue weighted by atomic mass is 9.98. The van der Waals surface area contributed by atoms with Gasteiger partial charge in [-0.25, -0.2) is 0 Å². The van der Waals surface area contributed by atoms with Crippen molar-refractivity contribution in [2.45, 2.75) is 0 Å². The minimum absolute atomic E-state index is 0.0835. The van der Waals surface area contributed by atoms with E-state index in [0.29, 0.717) is 45.3 Å². The van der Waals surface area contributed by atoms with Crippen LogP contribution in [0.25, 0.3) is 11.1 Å². The molecule has 0 radical (unpaired) electrons. The Kier molecular flexibility index (Phi) is 3.91. The quantitative estimate of drug-likeness (QED) is 0.783. The minimum Gasteiger partial charge on any atom is -0.423 e. The van der Waals surface area contributed by atoms with Gasteiger partial charge in [-0.15, -0.1) is 0 Å². The van der Waals surface area contributed by atoms with Crippen molar-refractivity contribution in [3.63, 3.8) is 0 Å². The summed E-state index contributed by atoms with van der Waals surface area (Å²) in [7, 11) is 0. The van der Waals surface area contributed by atoms with Crippen LogP contribution in [-0.2, 0) is 9.59 Å². The van der Waals surface area contributed by atoms with Gasteiger partial charge in [0.25, 0.3) is 6.01 Å². The number of likely N-dealkylation sites (tertiary alicyclic amines) is 1. The minimum atomic E-state index is -0.107. The first-order valence-electron chi connectivity index (χ1n) is 8.46. The van der Waals surface area contributed by atoms with E-state index in [1.165, 1.54) is 6.08 Å². The van der Waals surface area contributed by atoms with Gasteiger partial charge in [0.15, 0.2) is 5.58 Å². The van der Waals surface area contributed by atoms with E-state index in [1.54, 1.807) is 4.90 Å². The van der Waals surface area contributed by atoms with Crippen LogP contribution >= 0.6 is 0 Å². The van der Waals surface area contributed by atoms with Gasteiger partial charge in [-0.1, -0.05) is 18.7 Å². The summed E-state index contributed by atoms with van der Waals surface area (Å²) in [5.74, 6) is -0.0602. The highest BCUT2D eigenvalue weighted by atomic mass is 16.4. The first kappa shape index (κ1) is 15.7. The summed E-state index contributed by atoms with van der Waals surface area (Å²) in [6.45, 7) is 7.13. The third kappa shape index (κ3) is 2.86. The zero-order chi connectivity index (χ0) is 17.4. The molecule has 2 saturated heterocycles. The molecular formula is C18H20N4O3. The first-order valence-corrected chi connectivity index (χ1v) is 8.46. The molecule has 25 heavy (non-hydrogen) atoms. The van der Waals surface area contributed by atoms with E-state index in [4.69, 9.17) is 4.42 Å². The molecule has 0 N–H and O–H groups in total. The van der Waals surface area contributed by atoms with E-state index >= 15 is 0 Å². The van der Waals surface area contributed by atoms with E-state index in [0.717, 1.165) is 11.1 Å². The molecule has 0 bridgehead atoms. The third-order valence-electron chi connectivity index (χ3n) is 4.86. The van der Waals surface area contributed by atoms with Gasteiger partial charge < -0.3 is 19.1 Å². The van der Waals surface area contributed by atoms with Gasteiger partial charge in [0, 0.05) is 39.3 Å². The Morgan fingerprint density at radius 3 is 2.52 bits per heavy atom. The van der Waals surface area contributed by atoms with Gasteiger partial charge in [-0.05, 0) is 18.2 Å². The molecule has 0 unspecified atom stereocenters. The maximum atomic E-state index is 12.5. The fourth-order valence-corrected chi connectivity index (χ4v) is 3.32. The predicted octanol–water partition coefficient (Wildman–Crippen LogP) is 1.12. The Bertz CT molecular complexity index is 784. The summed E-state index contributed by atoms with van der Waals surface area (Å²) in [6.07, 6.45) is 1.29. The summed E-state index contributed by atoms with van der Waals surface area (Å²) in [6, 6.07) is 8.30. The van der Waals surface area contributed by atoms with Crippen molar-refractivity contribution < 1.29 is 14.0 Å². The SMILES string of the molecule is C=CC(=O)N1CC(C(=O)N2CCN(c3nc4ccccc4o3)CC2)C1. The van der Waals surface area contributed by atoms with Gasteiger partial charge in [-0.2, -0.15) is 4.98 Å². The molecule has 3 heterocycles. The second kappa shape index (κ2) is 6.23. The Balaban J connectivity index is 1.33. The maximum absolute atomic E-state index is 12.5. The van der Waals surface area contributed by atoms with Crippen LogP contribution in [0.2, 0.25) is 0 Å². The van der Waals surface area contributed by atoms with Crippen LogP contribution in [0.4, 0.5) is 6.01 Å².